The van der Waals surface area contributed by atoms with Crippen LogP contribution in [0.5, 0.6) is 5.75 Å². The van der Waals surface area contributed by atoms with Gasteiger partial charge in [-0.1, -0.05) is 12.1 Å². The third-order valence-corrected chi connectivity index (χ3v) is 2.93. The molecule has 0 saturated carbocycles. The Morgan fingerprint density at radius 3 is 3.12 bits per heavy atom. The van der Waals surface area contributed by atoms with E-state index in [9.17, 15) is 0 Å². The first-order chi connectivity index (χ1) is 7.84. The molecule has 0 fully saturated rings. The fourth-order valence-electron chi connectivity index (χ4n) is 2.02. The Bertz CT molecular complexity index is 493. The molecule has 0 spiro atoms. The van der Waals surface area contributed by atoms with Gasteiger partial charge in [-0.15, -0.1) is 0 Å². The van der Waals surface area contributed by atoms with E-state index < -0.39 is 0 Å². The fourth-order valence-corrected chi connectivity index (χ4v) is 2.02. The maximum atomic E-state index is 6.14. The number of fused-ring (bicyclic) bond motifs is 1. The molecular weight excluding hydrogens is 202 g/mol. The third kappa shape index (κ3) is 1.47. The van der Waals surface area contributed by atoms with Crippen LogP contribution in [0.1, 0.15) is 22.9 Å². The number of hydrogen-bond donors (Lipinski definition) is 2. The zero-order chi connectivity index (χ0) is 11.0. The van der Waals surface area contributed by atoms with Gasteiger partial charge < -0.3 is 10.5 Å². The summed E-state index contributed by atoms with van der Waals surface area (Å²) in [6.45, 7) is 0.776. The number of hydrogen-bond acceptors (Lipinski definition) is 3. The van der Waals surface area contributed by atoms with Crippen LogP contribution >= 0.6 is 0 Å². The quantitative estimate of drug-likeness (QED) is 0.795. The second-order valence-corrected chi connectivity index (χ2v) is 3.96. The third-order valence-electron chi connectivity index (χ3n) is 2.93. The molecule has 16 heavy (non-hydrogen) atoms. The van der Waals surface area contributed by atoms with E-state index in [1.54, 1.807) is 6.20 Å². The predicted molar refractivity (Wildman–Crippen MR) is 60.3 cm³/mol. The molecule has 3 N–H and O–H groups in total. The smallest absolute Gasteiger partial charge is 0.122 e. The molecule has 4 heteroatoms. The number of nitrogens with one attached hydrogen (secondary N) is 1. The van der Waals surface area contributed by atoms with Crippen molar-refractivity contribution in [2.75, 3.05) is 6.61 Å². The zero-order valence-electron chi connectivity index (χ0n) is 8.81. The first kappa shape index (κ1) is 9.42. The molecule has 0 saturated heterocycles. The van der Waals surface area contributed by atoms with E-state index in [4.69, 9.17) is 10.5 Å². The average molecular weight is 215 g/mol. The number of aromatic nitrogens is 2. The molecule has 1 unspecified atom stereocenters. The number of aromatic amines is 1. The largest absolute Gasteiger partial charge is 0.493 e. The molecule has 82 valence electrons. The van der Waals surface area contributed by atoms with Gasteiger partial charge in [-0.25, -0.2) is 0 Å². The van der Waals surface area contributed by atoms with Crippen LogP contribution < -0.4 is 10.5 Å². The zero-order valence-corrected chi connectivity index (χ0v) is 8.81. The topological polar surface area (TPSA) is 63.9 Å². The maximum Gasteiger partial charge on any atom is 0.122 e. The minimum Gasteiger partial charge on any atom is -0.493 e. The molecule has 0 aliphatic carbocycles. The summed E-state index contributed by atoms with van der Waals surface area (Å²) < 4.78 is 5.46. The summed E-state index contributed by atoms with van der Waals surface area (Å²) in [6, 6.07) is 7.87. The summed E-state index contributed by atoms with van der Waals surface area (Å²) in [5, 5.41) is 6.81. The summed E-state index contributed by atoms with van der Waals surface area (Å²) in [5.41, 5.74) is 9.41. The van der Waals surface area contributed by atoms with Gasteiger partial charge in [-0.05, 0) is 23.3 Å². The van der Waals surface area contributed by atoms with Gasteiger partial charge in [0.25, 0.3) is 0 Å². The van der Waals surface area contributed by atoms with Gasteiger partial charge in [0.1, 0.15) is 5.75 Å². The Kier molecular flexibility index (Phi) is 2.15. The standard InChI is InChI=1S/C12H13N3O/c13-12(10-3-5-14-15-10)9-1-2-11-8(7-9)4-6-16-11/h1-3,5,7,12H,4,6,13H2,(H,14,15). The molecule has 1 aromatic heterocycles. The van der Waals surface area contributed by atoms with Crippen LogP contribution in [0.3, 0.4) is 0 Å². The van der Waals surface area contributed by atoms with Crippen LogP contribution in [-0.2, 0) is 6.42 Å². The summed E-state index contributed by atoms with van der Waals surface area (Å²) in [5.74, 6) is 0.987. The van der Waals surface area contributed by atoms with Crippen molar-refractivity contribution in [2.24, 2.45) is 5.73 Å². The van der Waals surface area contributed by atoms with Gasteiger partial charge in [0.2, 0.25) is 0 Å². The van der Waals surface area contributed by atoms with Gasteiger partial charge in [-0.2, -0.15) is 5.10 Å². The number of ether oxygens (including phenoxy) is 1. The lowest BCUT2D eigenvalue weighted by Gasteiger charge is -2.11. The molecule has 3 rings (SSSR count). The minimum atomic E-state index is -0.145. The fraction of sp³-hybridized carbons (Fsp3) is 0.250. The molecule has 2 heterocycles. The highest BCUT2D eigenvalue weighted by Gasteiger charge is 2.16. The number of nitrogens with zero attached hydrogens (tertiary/aromatic N) is 1. The lowest BCUT2D eigenvalue weighted by molar-refractivity contribution is 0.357. The predicted octanol–water partition coefficient (Wildman–Crippen LogP) is 1.39. The second kappa shape index (κ2) is 3.64. The molecule has 0 radical (unpaired) electrons. The van der Waals surface area contributed by atoms with Crippen molar-refractivity contribution < 1.29 is 4.74 Å². The molecule has 1 aromatic carbocycles. The lowest BCUT2D eigenvalue weighted by atomic mass is 10.0. The van der Waals surface area contributed by atoms with Crippen molar-refractivity contribution in [1.29, 1.82) is 0 Å². The van der Waals surface area contributed by atoms with E-state index in [-0.39, 0.29) is 6.04 Å². The van der Waals surface area contributed by atoms with E-state index >= 15 is 0 Å². The SMILES string of the molecule is NC(c1ccc2c(c1)CCO2)c1ccn[nH]1. The Labute approximate surface area is 93.4 Å². The van der Waals surface area contributed by atoms with Gasteiger partial charge >= 0.3 is 0 Å². The Morgan fingerprint density at radius 1 is 1.38 bits per heavy atom. The average Bonchev–Trinajstić information content (AvgIpc) is 2.98. The molecule has 0 bridgehead atoms. The number of H-pyrrole nitrogens is 1. The van der Waals surface area contributed by atoms with Crippen LogP contribution in [-0.4, -0.2) is 16.8 Å². The first-order valence-electron chi connectivity index (χ1n) is 5.35. The summed E-state index contributed by atoms with van der Waals surface area (Å²) >= 11 is 0. The van der Waals surface area contributed by atoms with Gasteiger partial charge in [0, 0.05) is 12.6 Å². The van der Waals surface area contributed by atoms with Crippen LogP contribution in [0.4, 0.5) is 0 Å². The van der Waals surface area contributed by atoms with Crippen LogP contribution in [0.25, 0.3) is 0 Å². The van der Waals surface area contributed by atoms with E-state index in [1.165, 1.54) is 5.56 Å². The van der Waals surface area contributed by atoms with E-state index in [0.29, 0.717) is 0 Å². The van der Waals surface area contributed by atoms with E-state index in [2.05, 4.69) is 16.3 Å². The Hall–Kier alpha value is -1.81. The Morgan fingerprint density at radius 2 is 2.31 bits per heavy atom. The molecule has 2 aromatic rings. The molecule has 1 aliphatic heterocycles. The highest BCUT2D eigenvalue weighted by molar-refractivity contribution is 5.42. The first-order valence-corrected chi connectivity index (χ1v) is 5.35. The van der Waals surface area contributed by atoms with Crippen LogP contribution in [0, 0.1) is 0 Å². The molecule has 1 atom stereocenters. The summed E-state index contributed by atoms with van der Waals surface area (Å²) in [7, 11) is 0. The highest BCUT2D eigenvalue weighted by atomic mass is 16.5. The van der Waals surface area contributed by atoms with Gasteiger partial charge in [-0.3, -0.25) is 5.10 Å². The number of rotatable bonds is 2. The number of nitrogens with two attached hydrogens (primary N) is 1. The second-order valence-electron chi connectivity index (χ2n) is 3.96. The monoisotopic (exact) mass is 215 g/mol. The number of benzene rings is 1. The molecular formula is C12H13N3O. The van der Waals surface area contributed by atoms with Crippen LogP contribution in [0.2, 0.25) is 0 Å². The van der Waals surface area contributed by atoms with Crippen molar-refractivity contribution in [2.45, 2.75) is 12.5 Å². The van der Waals surface area contributed by atoms with E-state index in [1.807, 2.05) is 18.2 Å². The Balaban J connectivity index is 1.95. The highest BCUT2D eigenvalue weighted by Crippen LogP contribution is 2.28. The molecule has 1 aliphatic rings. The normalized spacial score (nSPS) is 15.6. The summed E-state index contributed by atoms with van der Waals surface area (Å²) in [4.78, 5) is 0. The minimum absolute atomic E-state index is 0.145. The maximum absolute atomic E-state index is 6.14. The van der Waals surface area contributed by atoms with Crippen LogP contribution in [0.15, 0.2) is 30.5 Å². The van der Waals surface area contributed by atoms with E-state index in [0.717, 1.165) is 30.0 Å². The van der Waals surface area contributed by atoms with Gasteiger partial charge in [0.05, 0.1) is 18.3 Å². The summed E-state index contributed by atoms with van der Waals surface area (Å²) in [6.07, 6.45) is 2.69. The molecule has 0 amide bonds. The van der Waals surface area contributed by atoms with Crippen molar-refractivity contribution in [1.82, 2.24) is 10.2 Å². The van der Waals surface area contributed by atoms with Crippen molar-refractivity contribution in [3.05, 3.63) is 47.3 Å². The molecule has 4 nitrogen and oxygen atoms in total. The van der Waals surface area contributed by atoms with Gasteiger partial charge in [0.15, 0.2) is 0 Å². The lowest BCUT2D eigenvalue weighted by Crippen LogP contribution is -2.12. The van der Waals surface area contributed by atoms with Crippen molar-refractivity contribution >= 4 is 0 Å². The van der Waals surface area contributed by atoms with Crippen molar-refractivity contribution in [3.63, 3.8) is 0 Å². The van der Waals surface area contributed by atoms with Crippen molar-refractivity contribution in [3.8, 4) is 5.75 Å².